The van der Waals surface area contributed by atoms with Gasteiger partial charge in [0, 0.05) is 12.7 Å². The maximum Gasteiger partial charge on any atom is 0.129 e. The Bertz CT molecular complexity index is 458. The van der Waals surface area contributed by atoms with Crippen molar-refractivity contribution in [1.29, 1.82) is 0 Å². The van der Waals surface area contributed by atoms with E-state index in [9.17, 15) is 0 Å². The van der Waals surface area contributed by atoms with Gasteiger partial charge >= 0.3 is 0 Å². The van der Waals surface area contributed by atoms with Crippen LogP contribution in [0.25, 0.3) is 0 Å². The largest absolute Gasteiger partial charge is 0.469 e. The molecule has 2 heterocycles. The molecular weight excluding hydrogens is 206 g/mol. The van der Waals surface area contributed by atoms with Crippen molar-refractivity contribution in [3.8, 4) is 0 Å². The van der Waals surface area contributed by atoms with Crippen molar-refractivity contribution in [3.05, 3.63) is 47.3 Å². The van der Waals surface area contributed by atoms with Gasteiger partial charge in [-0.3, -0.25) is 0 Å². The highest BCUT2D eigenvalue weighted by molar-refractivity contribution is 5.27. The van der Waals surface area contributed by atoms with Crippen LogP contribution < -0.4 is 5.73 Å². The first-order chi connectivity index (χ1) is 7.72. The molecule has 0 saturated carbocycles. The molecule has 2 aromatic heterocycles. The van der Waals surface area contributed by atoms with Gasteiger partial charge in [-0.15, -0.1) is 0 Å². The monoisotopic (exact) mass is 221 g/mol. The normalized spacial score (nSPS) is 12.9. The lowest BCUT2D eigenvalue weighted by molar-refractivity contribution is 0.162. The Labute approximate surface area is 94.0 Å². The van der Waals surface area contributed by atoms with Crippen molar-refractivity contribution < 1.29 is 13.6 Å². The second kappa shape index (κ2) is 4.55. The molecule has 0 spiro atoms. The first kappa shape index (κ1) is 11.0. The highest BCUT2D eigenvalue weighted by atomic mass is 16.5. The van der Waals surface area contributed by atoms with Gasteiger partial charge in [0.25, 0.3) is 0 Å². The smallest absolute Gasteiger partial charge is 0.129 e. The van der Waals surface area contributed by atoms with E-state index in [-0.39, 0.29) is 6.04 Å². The van der Waals surface area contributed by atoms with Crippen molar-refractivity contribution in [2.45, 2.75) is 19.6 Å². The fourth-order valence-corrected chi connectivity index (χ4v) is 1.65. The van der Waals surface area contributed by atoms with Crippen LogP contribution in [-0.4, -0.2) is 7.11 Å². The van der Waals surface area contributed by atoms with E-state index in [1.807, 2.05) is 25.1 Å². The van der Waals surface area contributed by atoms with E-state index in [4.69, 9.17) is 19.3 Å². The lowest BCUT2D eigenvalue weighted by Gasteiger charge is -2.07. The molecule has 2 rings (SSSR count). The Balaban J connectivity index is 2.20. The van der Waals surface area contributed by atoms with Crippen LogP contribution >= 0.6 is 0 Å². The molecule has 4 heteroatoms. The van der Waals surface area contributed by atoms with Gasteiger partial charge in [-0.2, -0.15) is 0 Å². The van der Waals surface area contributed by atoms with Crippen LogP contribution in [0, 0.1) is 6.92 Å². The zero-order valence-corrected chi connectivity index (χ0v) is 9.40. The summed E-state index contributed by atoms with van der Waals surface area (Å²) >= 11 is 0. The van der Waals surface area contributed by atoms with E-state index >= 15 is 0 Å². The van der Waals surface area contributed by atoms with Gasteiger partial charge in [0.15, 0.2) is 0 Å². The number of aryl methyl sites for hydroxylation is 1. The Morgan fingerprint density at radius 3 is 2.81 bits per heavy atom. The summed E-state index contributed by atoms with van der Waals surface area (Å²) in [6.45, 7) is 2.34. The second-order valence-electron chi connectivity index (χ2n) is 3.65. The number of hydrogen-bond acceptors (Lipinski definition) is 4. The van der Waals surface area contributed by atoms with E-state index in [2.05, 4.69) is 0 Å². The van der Waals surface area contributed by atoms with Crippen LogP contribution in [0.15, 0.2) is 33.3 Å². The van der Waals surface area contributed by atoms with Gasteiger partial charge in [-0.1, -0.05) is 0 Å². The third-order valence-corrected chi connectivity index (χ3v) is 2.51. The summed E-state index contributed by atoms with van der Waals surface area (Å²) in [6.07, 6.45) is 1.63. The highest BCUT2D eigenvalue weighted by Crippen LogP contribution is 2.25. The molecule has 2 N–H and O–H groups in total. The maximum absolute atomic E-state index is 6.08. The first-order valence-corrected chi connectivity index (χ1v) is 5.09. The standard InChI is InChI=1S/C12H15NO3/c1-8-10(5-6-15-8)12(13)11-4-3-9(16-11)7-14-2/h3-6,12H,7,13H2,1-2H3. The summed E-state index contributed by atoms with van der Waals surface area (Å²) in [5, 5.41) is 0. The predicted molar refractivity (Wildman–Crippen MR) is 58.9 cm³/mol. The molecule has 0 aliphatic carbocycles. The fraction of sp³-hybridized carbons (Fsp3) is 0.333. The molecule has 0 bridgehead atoms. The quantitative estimate of drug-likeness (QED) is 0.861. The molecule has 0 amide bonds. The third-order valence-electron chi connectivity index (χ3n) is 2.51. The molecule has 0 radical (unpaired) electrons. The Morgan fingerprint density at radius 2 is 2.19 bits per heavy atom. The summed E-state index contributed by atoms with van der Waals surface area (Å²) in [7, 11) is 1.63. The topological polar surface area (TPSA) is 61.5 Å². The SMILES string of the molecule is COCc1ccc(C(N)c2ccoc2C)o1. The summed E-state index contributed by atoms with van der Waals surface area (Å²) in [4.78, 5) is 0. The van der Waals surface area contributed by atoms with Gasteiger partial charge in [-0.05, 0) is 25.1 Å². The molecule has 1 unspecified atom stereocenters. The second-order valence-corrected chi connectivity index (χ2v) is 3.65. The number of methoxy groups -OCH3 is 1. The van der Waals surface area contributed by atoms with Gasteiger partial charge in [0.05, 0.1) is 12.3 Å². The number of nitrogens with two attached hydrogens (primary N) is 1. The zero-order valence-electron chi connectivity index (χ0n) is 9.40. The van der Waals surface area contributed by atoms with Crippen LogP contribution in [0.2, 0.25) is 0 Å². The minimum absolute atomic E-state index is 0.288. The van der Waals surface area contributed by atoms with Crippen molar-refractivity contribution in [2.24, 2.45) is 5.73 Å². The molecule has 16 heavy (non-hydrogen) atoms. The van der Waals surface area contributed by atoms with Crippen LogP contribution in [-0.2, 0) is 11.3 Å². The average molecular weight is 221 g/mol. The predicted octanol–water partition coefficient (Wildman–Crippen LogP) is 2.38. The van der Waals surface area contributed by atoms with Gasteiger partial charge in [0.2, 0.25) is 0 Å². The summed E-state index contributed by atoms with van der Waals surface area (Å²) < 4.78 is 15.8. The summed E-state index contributed by atoms with van der Waals surface area (Å²) in [6, 6.07) is 5.31. The van der Waals surface area contributed by atoms with Crippen LogP contribution in [0.1, 0.15) is 28.9 Å². The highest BCUT2D eigenvalue weighted by Gasteiger charge is 2.16. The van der Waals surface area contributed by atoms with E-state index < -0.39 is 0 Å². The number of ether oxygens (including phenoxy) is 1. The molecule has 0 aliphatic rings. The van der Waals surface area contributed by atoms with E-state index in [1.165, 1.54) is 0 Å². The molecule has 2 aromatic rings. The summed E-state index contributed by atoms with van der Waals surface area (Å²) in [5.74, 6) is 2.31. The van der Waals surface area contributed by atoms with Crippen LogP contribution in [0.4, 0.5) is 0 Å². The van der Waals surface area contributed by atoms with E-state index in [0.717, 1.165) is 22.8 Å². The molecule has 0 aromatic carbocycles. The molecule has 0 fully saturated rings. The molecule has 86 valence electrons. The van der Waals surface area contributed by atoms with Crippen LogP contribution in [0.3, 0.4) is 0 Å². The maximum atomic E-state index is 6.08. The summed E-state index contributed by atoms with van der Waals surface area (Å²) in [5.41, 5.74) is 7.02. The van der Waals surface area contributed by atoms with Crippen LogP contribution in [0.5, 0.6) is 0 Å². The Hall–Kier alpha value is -1.52. The van der Waals surface area contributed by atoms with Gasteiger partial charge in [-0.25, -0.2) is 0 Å². The number of furan rings is 2. The van der Waals surface area contributed by atoms with Crippen molar-refractivity contribution in [2.75, 3.05) is 7.11 Å². The van der Waals surface area contributed by atoms with Crippen molar-refractivity contribution in [1.82, 2.24) is 0 Å². The minimum atomic E-state index is -0.288. The van der Waals surface area contributed by atoms with Gasteiger partial charge in [0.1, 0.15) is 23.9 Å². The molecular formula is C12H15NO3. The van der Waals surface area contributed by atoms with Crippen molar-refractivity contribution in [3.63, 3.8) is 0 Å². The van der Waals surface area contributed by atoms with E-state index in [0.29, 0.717) is 6.61 Å². The average Bonchev–Trinajstić information content (AvgIpc) is 2.87. The fourth-order valence-electron chi connectivity index (χ4n) is 1.65. The zero-order chi connectivity index (χ0) is 11.5. The Kier molecular flexibility index (Phi) is 3.12. The first-order valence-electron chi connectivity index (χ1n) is 5.09. The minimum Gasteiger partial charge on any atom is -0.469 e. The molecule has 0 aliphatic heterocycles. The molecule has 0 saturated heterocycles. The Morgan fingerprint density at radius 1 is 1.38 bits per heavy atom. The van der Waals surface area contributed by atoms with Gasteiger partial charge < -0.3 is 19.3 Å². The lowest BCUT2D eigenvalue weighted by Crippen LogP contribution is -2.11. The number of hydrogen-bond donors (Lipinski definition) is 1. The van der Waals surface area contributed by atoms with E-state index in [1.54, 1.807) is 13.4 Å². The molecule has 1 atom stereocenters. The number of rotatable bonds is 4. The molecule has 4 nitrogen and oxygen atoms in total. The lowest BCUT2D eigenvalue weighted by atomic mass is 10.1. The van der Waals surface area contributed by atoms with Crippen molar-refractivity contribution >= 4 is 0 Å². The third kappa shape index (κ3) is 2.03.